The molecule has 8 heteroatoms. The maximum atomic E-state index is 6.07. The molecule has 0 bridgehead atoms. The molecule has 1 aromatic carbocycles. The molecule has 0 spiro atoms. The first-order valence-electron chi connectivity index (χ1n) is 7.41. The minimum absolute atomic E-state index is 0.598. The van der Waals surface area contributed by atoms with Gasteiger partial charge in [0.2, 0.25) is 5.16 Å². The van der Waals surface area contributed by atoms with Crippen LogP contribution >= 0.6 is 23.4 Å². The number of aromatic nitrogens is 3. The van der Waals surface area contributed by atoms with Crippen molar-refractivity contribution in [3.05, 3.63) is 47.4 Å². The van der Waals surface area contributed by atoms with Gasteiger partial charge in [-0.15, -0.1) is 10.2 Å². The Hall–Kier alpha value is -2.12. The van der Waals surface area contributed by atoms with Crippen LogP contribution in [0.5, 0.6) is 5.75 Å². The van der Waals surface area contributed by atoms with E-state index in [-0.39, 0.29) is 0 Å². The predicted molar refractivity (Wildman–Crippen MR) is 94.9 cm³/mol. The molecule has 126 valence electrons. The first kappa shape index (κ1) is 16.7. The second kappa shape index (κ2) is 7.63. The molecule has 0 aliphatic heterocycles. The highest BCUT2D eigenvalue weighted by atomic mass is 35.5. The van der Waals surface area contributed by atoms with Crippen LogP contribution in [0.2, 0.25) is 5.02 Å². The van der Waals surface area contributed by atoms with Gasteiger partial charge in [0.05, 0.1) is 18.4 Å². The molecule has 24 heavy (non-hydrogen) atoms. The van der Waals surface area contributed by atoms with E-state index in [4.69, 9.17) is 26.6 Å². The lowest BCUT2D eigenvalue weighted by Crippen LogP contribution is -2.12. The summed E-state index contributed by atoms with van der Waals surface area (Å²) in [6.45, 7) is 2.48. The predicted octanol–water partition coefficient (Wildman–Crippen LogP) is 3.77. The van der Waals surface area contributed by atoms with Crippen molar-refractivity contribution in [3.63, 3.8) is 0 Å². The van der Waals surface area contributed by atoms with E-state index < -0.39 is 0 Å². The molecular weight excluding hydrogens is 348 g/mol. The quantitative estimate of drug-likeness (QED) is 0.390. The largest absolute Gasteiger partial charge is 0.494 e. The van der Waals surface area contributed by atoms with Crippen molar-refractivity contribution in [2.75, 3.05) is 18.2 Å². The van der Waals surface area contributed by atoms with Crippen LogP contribution in [-0.4, -0.2) is 27.2 Å². The van der Waals surface area contributed by atoms with Crippen molar-refractivity contribution in [1.29, 1.82) is 0 Å². The van der Waals surface area contributed by atoms with E-state index in [0.717, 1.165) is 29.2 Å². The fraction of sp³-hybridized carbons (Fsp3) is 0.250. The molecule has 3 aromatic rings. The first-order valence-corrected chi connectivity index (χ1v) is 8.77. The van der Waals surface area contributed by atoms with Crippen LogP contribution in [0, 0.1) is 6.92 Å². The van der Waals surface area contributed by atoms with Crippen LogP contribution in [0.3, 0.4) is 0 Å². The number of nitrogens with zero attached hydrogens (tertiary/aromatic N) is 3. The Labute approximate surface area is 148 Å². The molecule has 2 heterocycles. The smallest absolute Gasteiger partial charge is 0.210 e. The number of rotatable bonds is 7. The molecule has 0 aliphatic carbocycles. The number of halogens is 1. The molecule has 0 unspecified atom stereocenters. The molecule has 0 fully saturated rings. The zero-order chi connectivity index (χ0) is 16.9. The Morgan fingerprint density at radius 1 is 1.25 bits per heavy atom. The highest BCUT2D eigenvalue weighted by Crippen LogP contribution is 2.25. The van der Waals surface area contributed by atoms with Gasteiger partial charge in [-0.25, -0.2) is 4.68 Å². The molecule has 0 saturated heterocycles. The van der Waals surface area contributed by atoms with Gasteiger partial charge in [-0.1, -0.05) is 23.4 Å². The molecule has 6 nitrogen and oxygen atoms in total. The summed E-state index contributed by atoms with van der Waals surface area (Å²) in [5, 5.41) is 9.63. The van der Waals surface area contributed by atoms with Crippen molar-refractivity contribution >= 4 is 23.4 Å². The fourth-order valence-corrected chi connectivity index (χ4v) is 3.01. The van der Waals surface area contributed by atoms with Crippen molar-refractivity contribution in [2.45, 2.75) is 18.5 Å². The molecule has 0 radical (unpaired) electrons. The molecule has 0 atom stereocenters. The summed E-state index contributed by atoms with van der Waals surface area (Å²) in [5.41, 5.74) is 0.850. The molecular formula is C16H17ClN4O2S. The summed E-state index contributed by atoms with van der Waals surface area (Å²) in [5.74, 6) is 9.07. The van der Waals surface area contributed by atoms with Gasteiger partial charge in [0.25, 0.3) is 0 Å². The van der Waals surface area contributed by atoms with Crippen molar-refractivity contribution < 1.29 is 9.15 Å². The third-order valence-electron chi connectivity index (χ3n) is 3.37. The second-order valence-electron chi connectivity index (χ2n) is 5.07. The van der Waals surface area contributed by atoms with Gasteiger partial charge in [0, 0.05) is 10.8 Å². The standard InChI is InChI=1S/C16H17ClN4O2S/c1-11-14(7-9-22-11)15-19-20-16(21(15)18)24-10-2-8-23-13-5-3-12(17)4-6-13/h3-7,9H,2,8,10,18H2,1H3. The van der Waals surface area contributed by atoms with E-state index in [9.17, 15) is 0 Å². The summed E-state index contributed by atoms with van der Waals surface area (Å²) in [4.78, 5) is 0. The lowest BCUT2D eigenvalue weighted by molar-refractivity contribution is 0.318. The van der Waals surface area contributed by atoms with Gasteiger partial charge >= 0.3 is 0 Å². The maximum Gasteiger partial charge on any atom is 0.210 e. The summed E-state index contributed by atoms with van der Waals surface area (Å²) in [6.07, 6.45) is 2.47. The van der Waals surface area contributed by atoms with Gasteiger partial charge in [-0.05, 0) is 43.7 Å². The van der Waals surface area contributed by atoms with E-state index >= 15 is 0 Å². The third kappa shape index (κ3) is 3.85. The van der Waals surface area contributed by atoms with E-state index in [2.05, 4.69) is 10.2 Å². The number of benzene rings is 1. The van der Waals surface area contributed by atoms with Crippen molar-refractivity contribution in [3.8, 4) is 17.1 Å². The van der Waals surface area contributed by atoms with Crippen molar-refractivity contribution in [1.82, 2.24) is 14.9 Å². The molecule has 3 rings (SSSR count). The number of thioether (sulfide) groups is 1. The average Bonchev–Trinajstić information content (AvgIpc) is 3.15. The van der Waals surface area contributed by atoms with Crippen LogP contribution in [0.4, 0.5) is 0 Å². The number of hydrogen-bond donors (Lipinski definition) is 1. The van der Waals surface area contributed by atoms with E-state index in [1.165, 1.54) is 4.68 Å². The zero-order valence-corrected chi connectivity index (χ0v) is 14.7. The first-order chi connectivity index (χ1) is 11.6. The van der Waals surface area contributed by atoms with Gasteiger partial charge < -0.3 is 15.0 Å². The minimum Gasteiger partial charge on any atom is -0.494 e. The Morgan fingerprint density at radius 2 is 2.04 bits per heavy atom. The van der Waals surface area contributed by atoms with Crippen LogP contribution in [0.1, 0.15) is 12.2 Å². The number of nitrogen functional groups attached to an aromatic ring is 1. The van der Waals surface area contributed by atoms with E-state index in [0.29, 0.717) is 22.6 Å². The molecule has 2 N–H and O–H groups in total. The molecule has 2 aromatic heterocycles. The van der Waals surface area contributed by atoms with Crippen LogP contribution in [-0.2, 0) is 0 Å². The summed E-state index contributed by atoms with van der Waals surface area (Å²) in [7, 11) is 0. The Morgan fingerprint density at radius 3 is 2.75 bits per heavy atom. The van der Waals surface area contributed by atoms with Gasteiger partial charge in [-0.2, -0.15) is 0 Å². The lowest BCUT2D eigenvalue weighted by Gasteiger charge is -2.06. The van der Waals surface area contributed by atoms with Crippen LogP contribution in [0.25, 0.3) is 11.4 Å². The highest BCUT2D eigenvalue weighted by molar-refractivity contribution is 7.99. The second-order valence-corrected chi connectivity index (χ2v) is 6.57. The minimum atomic E-state index is 0.598. The highest BCUT2D eigenvalue weighted by Gasteiger charge is 2.15. The topological polar surface area (TPSA) is 79.1 Å². The SMILES string of the molecule is Cc1occc1-c1nnc(SCCCOc2ccc(Cl)cc2)n1N. The fourth-order valence-electron chi connectivity index (χ4n) is 2.12. The molecule has 0 amide bonds. The number of furan rings is 1. The molecule has 0 aliphatic rings. The van der Waals surface area contributed by atoms with Crippen LogP contribution in [0.15, 0.2) is 46.2 Å². The maximum absolute atomic E-state index is 6.07. The summed E-state index contributed by atoms with van der Waals surface area (Å²) in [6, 6.07) is 9.15. The molecule has 0 saturated carbocycles. The number of aryl methyl sites for hydroxylation is 1. The monoisotopic (exact) mass is 364 g/mol. The van der Waals surface area contributed by atoms with Gasteiger partial charge in [-0.3, -0.25) is 0 Å². The Balaban J connectivity index is 1.48. The van der Waals surface area contributed by atoms with E-state index in [1.807, 2.05) is 37.3 Å². The third-order valence-corrected chi connectivity index (χ3v) is 4.65. The Kier molecular flexibility index (Phi) is 5.32. The van der Waals surface area contributed by atoms with Crippen molar-refractivity contribution in [2.24, 2.45) is 0 Å². The number of ether oxygens (including phenoxy) is 1. The Bertz CT molecular complexity index is 801. The lowest BCUT2D eigenvalue weighted by atomic mass is 10.2. The van der Waals surface area contributed by atoms with Crippen LogP contribution < -0.4 is 10.6 Å². The number of hydrogen-bond acceptors (Lipinski definition) is 6. The van der Waals surface area contributed by atoms with Gasteiger partial charge in [0.15, 0.2) is 5.82 Å². The summed E-state index contributed by atoms with van der Waals surface area (Å²) >= 11 is 7.38. The average molecular weight is 365 g/mol. The number of nitrogens with two attached hydrogens (primary N) is 1. The van der Waals surface area contributed by atoms with Gasteiger partial charge in [0.1, 0.15) is 11.5 Å². The zero-order valence-electron chi connectivity index (χ0n) is 13.1. The summed E-state index contributed by atoms with van der Waals surface area (Å²) < 4.78 is 12.4. The van der Waals surface area contributed by atoms with E-state index in [1.54, 1.807) is 18.0 Å². The normalized spacial score (nSPS) is 10.9.